The van der Waals surface area contributed by atoms with E-state index >= 15 is 0 Å². The monoisotopic (exact) mass is 247 g/mol. The van der Waals surface area contributed by atoms with Gasteiger partial charge < -0.3 is 14.7 Å². The first-order valence-corrected chi connectivity index (χ1v) is 5.74. The lowest BCUT2D eigenvalue weighted by Crippen LogP contribution is -2.32. The van der Waals surface area contributed by atoms with Crippen LogP contribution >= 0.6 is 0 Å². The van der Waals surface area contributed by atoms with Crippen molar-refractivity contribution in [3.8, 4) is 23.8 Å². The molecule has 0 fully saturated rings. The van der Waals surface area contributed by atoms with Gasteiger partial charge in [-0.2, -0.15) is 0 Å². The fraction of sp³-hybridized carbons (Fsp3) is 0.357. The quantitative estimate of drug-likeness (QED) is 0.808. The molecule has 1 aromatic carbocycles. The van der Waals surface area contributed by atoms with Gasteiger partial charge in [0.2, 0.25) is 0 Å². The van der Waals surface area contributed by atoms with Gasteiger partial charge in [0.1, 0.15) is 0 Å². The van der Waals surface area contributed by atoms with E-state index in [4.69, 9.17) is 11.2 Å². The van der Waals surface area contributed by atoms with Crippen LogP contribution in [0.15, 0.2) is 18.2 Å². The van der Waals surface area contributed by atoms with Gasteiger partial charge in [0.25, 0.3) is 5.91 Å². The number of terminal acetylenes is 1. The molecular formula is C14H17NO3. The molecule has 4 heteroatoms. The van der Waals surface area contributed by atoms with Crippen LogP contribution in [0.4, 0.5) is 0 Å². The first kappa shape index (κ1) is 13.9. The Labute approximate surface area is 107 Å². The molecule has 0 atom stereocenters. The van der Waals surface area contributed by atoms with Crippen LogP contribution in [-0.2, 0) is 0 Å². The maximum absolute atomic E-state index is 12.2. The average Bonchev–Trinajstić information content (AvgIpc) is 2.38. The molecule has 1 N–H and O–H groups in total. The summed E-state index contributed by atoms with van der Waals surface area (Å²) in [5, 5.41) is 9.92. The molecule has 0 bridgehead atoms. The molecule has 0 saturated heterocycles. The third kappa shape index (κ3) is 2.95. The Morgan fingerprint density at radius 3 is 2.83 bits per heavy atom. The number of carbonyl (C=O) groups is 1. The summed E-state index contributed by atoms with van der Waals surface area (Å²) < 4.78 is 4.97. The predicted octanol–water partition coefficient (Wildman–Crippen LogP) is 1.89. The van der Waals surface area contributed by atoms with E-state index in [1.165, 1.54) is 12.0 Å². The minimum atomic E-state index is -0.286. The molecule has 0 aromatic heterocycles. The van der Waals surface area contributed by atoms with Crippen LogP contribution in [0.5, 0.6) is 11.5 Å². The molecule has 0 spiro atoms. The molecule has 0 unspecified atom stereocenters. The Hall–Kier alpha value is -2.15. The van der Waals surface area contributed by atoms with E-state index in [-0.39, 0.29) is 29.5 Å². The largest absolute Gasteiger partial charge is 0.504 e. The molecule has 0 aliphatic carbocycles. The van der Waals surface area contributed by atoms with Crippen LogP contribution in [0.25, 0.3) is 0 Å². The lowest BCUT2D eigenvalue weighted by molar-refractivity contribution is 0.0773. The lowest BCUT2D eigenvalue weighted by atomic mass is 10.1. The molecule has 1 aromatic rings. The molecule has 1 amide bonds. The number of amides is 1. The van der Waals surface area contributed by atoms with Crippen LogP contribution in [0, 0.1) is 12.3 Å². The number of hydrogen-bond donors (Lipinski definition) is 1. The molecule has 4 nitrogen and oxygen atoms in total. The highest BCUT2D eigenvalue weighted by Crippen LogP contribution is 2.30. The predicted molar refractivity (Wildman–Crippen MR) is 69.7 cm³/mol. The number of benzene rings is 1. The molecule has 0 heterocycles. The normalized spacial score (nSPS) is 9.61. The molecule has 1 rings (SSSR count). The zero-order chi connectivity index (χ0) is 13.5. The maximum Gasteiger partial charge on any atom is 0.258 e. The van der Waals surface area contributed by atoms with Gasteiger partial charge in [-0.3, -0.25) is 4.79 Å². The Kier molecular flexibility index (Phi) is 5.06. The summed E-state index contributed by atoms with van der Waals surface area (Å²) in [4.78, 5) is 13.8. The molecule has 0 saturated carbocycles. The van der Waals surface area contributed by atoms with Crippen molar-refractivity contribution < 1.29 is 14.6 Å². The smallest absolute Gasteiger partial charge is 0.258 e. The Morgan fingerprint density at radius 2 is 2.28 bits per heavy atom. The number of nitrogens with zero attached hydrogens (tertiary/aromatic N) is 1. The first-order chi connectivity index (χ1) is 8.65. The molecule has 0 aliphatic rings. The summed E-state index contributed by atoms with van der Waals surface area (Å²) >= 11 is 0. The van der Waals surface area contributed by atoms with Crippen molar-refractivity contribution in [1.29, 1.82) is 0 Å². The highest BCUT2D eigenvalue weighted by Gasteiger charge is 2.19. The number of carbonyl (C=O) groups excluding carboxylic acids is 1. The topological polar surface area (TPSA) is 49.8 Å². The maximum atomic E-state index is 12.2. The number of aromatic hydroxyl groups is 1. The molecular weight excluding hydrogens is 230 g/mol. The van der Waals surface area contributed by atoms with Crippen LogP contribution in [0.1, 0.15) is 23.7 Å². The standard InChI is InChI=1S/C14H17NO3/c1-4-9-15(10-5-2)14(17)11-7-6-8-12(18-3)13(11)16/h1,6-8,16H,5,9-10H2,2-3H3. The van der Waals surface area contributed by atoms with Gasteiger partial charge in [-0.05, 0) is 18.6 Å². The number of rotatable bonds is 5. The summed E-state index contributed by atoms with van der Waals surface area (Å²) in [5.74, 6) is 2.28. The second kappa shape index (κ2) is 6.55. The van der Waals surface area contributed by atoms with E-state index in [1.807, 2.05) is 6.92 Å². The number of para-hydroxylation sites is 1. The summed E-state index contributed by atoms with van der Waals surface area (Å²) in [6, 6.07) is 4.81. The van der Waals surface area contributed by atoms with Gasteiger partial charge in [-0.15, -0.1) is 6.42 Å². The third-order valence-corrected chi connectivity index (χ3v) is 2.51. The van der Waals surface area contributed by atoms with E-state index in [2.05, 4.69) is 5.92 Å². The molecule has 0 radical (unpaired) electrons. The van der Waals surface area contributed by atoms with Crippen LogP contribution in [0.2, 0.25) is 0 Å². The average molecular weight is 247 g/mol. The van der Waals surface area contributed by atoms with E-state index in [0.29, 0.717) is 6.54 Å². The Bertz CT molecular complexity index is 463. The summed E-state index contributed by atoms with van der Waals surface area (Å²) in [7, 11) is 1.44. The van der Waals surface area contributed by atoms with E-state index in [1.54, 1.807) is 18.2 Å². The zero-order valence-corrected chi connectivity index (χ0v) is 10.6. The number of phenolic OH excluding ortho intramolecular Hbond substituents is 1. The van der Waals surface area contributed by atoms with E-state index in [9.17, 15) is 9.90 Å². The number of methoxy groups -OCH3 is 1. The van der Waals surface area contributed by atoms with Crippen LogP contribution in [-0.4, -0.2) is 36.1 Å². The minimum Gasteiger partial charge on any atom is -0.504 e. The molecule has 96 valence electrons. The SMILES string of the molecule is C#CCN(CCC)C(=O)c1cccc(OC)c1O. The molecule has 18 heavy (non-hydrogen) atoms. The minimum absolute atomic E-state index is 0.150. The first-order valence-electron chi connectivity index (χ1n) is 5.74. The summed E-state index contributed by atoms with van der Waals surface area (Å²) in [6.07, 6.45) is 6.04. The second-order valence-corrected chi connectivity index (χ2v) is 3.79. The van der Waals surface area contributed by atoms with Crippen LogP contribution < -0.4 is 4.74 Å². The van der Waals surface area contributed by atoms with E-state index < -0.39 is 0 Å². The van der Waals surface area contributed by atoms with Crippen molar-refractivity contribution in [1.82, 2.24) is 4.90 Å². The number of hydrogen-bond acceptors (Lipinski definition) is 3. The molecule has 0 aliphatic heterocycles. The van der Waals surface area contributed by atoms with Gasteiger partial charge in [0.05, 0.1) is 19.2 Å². The van der Waals surface area contributed by atoms with Crippen molar-refractivity contribution in [2.75, 3.05) is 20.2 Å². The lowest BCUT2D eigenvalue weighted by Gasteiger charge is -2.20. The van der Waals surface area contributed by atoms with Gasteiger partial charge >= 0.3 is 0 Å². The second-order valence-electron chi connectivity index (χ2n) is 3.79. The summed E-state index contributed by atoms with van der Waals surface area (Å²) in [5.41, 5.74) is 0.207. The van der Waals surface area contributed by atoms with Crippen molar-refractivity contribution in [3.63, 3.8) is 0 Å². The highest BCUT2D eigenvalue weighted by molar-refractivity contribution is 5.97. The van der Waals surface area contributed by atoms with Gasteiger partial charge in [0, 0.05) is 6.54 Å². The third-order valence-electron chi connectivity index (χ3n) is 2.51. The van der Waals surface area contributed by atoms with Crippen molar-refractivity contribution in [3.05, 3.63) is 23.8 Å². The van der Waals surface area contributed by atoms with Crippen molar-refractivity contribution in [2.45, 2.75) is 13.3 Å². The highest BCUT2D eigenvalue weighted by atomic mass is 16.5. The Balaban J connectivity index is 3.05. The Morgan fingerprint density at radius 1 is 1.56 bits per heavy atom. The van der Waals surface area contributed by atoms with E-state index in [0.717, 1.165) is 6.42 Å². The van der Waals surface area contributed by atoms with Gasteiger partial charge in [-0.25, -0.2) is 0 Å². The van der Waals surface area contributed by atoms with Gasteiger partial charge in [0.15, 0.2) is 11.5 Å². The number of ether oxygens (including phenoxy) is 1. The fourth-order valence-electron chi connectivity index (χ4n) is 1.66. The zero-order valence-electron chi connectivity index (χ0n) is 10.6. The fourth-order valence-corrected chi connectivity index (χ4v) is 1.66. The van der Waals surface area contributed by atoms with Crippen molar-refractivity contribution in [2.24, 2.45) is 0 Å². The van der Waals surface area contributed by atoms with Crippen molar-refractivity contribution >= 4 is 5.91 Å². The van der Waals surface area contributed by atoms with Crippen LogP contribution in [0.3, 0.4) is 0 Å². The number of phenols is 1. The van der Waals surface area contributed by atoms with Gasteiger partial charge in [-0.1, -0.05) is 18.9 Å². The summed E-state index contributed by atoms with van der Waals surface area (Å²) in [6.45, 7) is 2.74.